The number of aliphatic imine (C=N–C) groups is 1. The van der Waals surface area contributed by atoms with E-state index in [1.165, 1.54) is 5.69 Å². The fraction of sp³-hybridized carbons (Fsp3) is 0.368. The Morgan fingerprint density at radius 2 is 1.78 bits per heavy atom. The lowest BCUT2D eigenvalue weighted by atomic mass is 10.0. The molecule has 0 saturated carbocycles. The lowest BCUT2D eigenvalue weighted by molar-refractivity contribution is 0.270. The first-order valence-corrected chi connectivity index (χ1v) is 8.01. The standard InChI is InChI=1S/C19H21N3O/c1-18(2)13-23-17(21-18)19(3)16(15-11-7-8-12-20-15)22(19)14-9-5-4-6-10-14/h4-12,16H,13H2,1-3H3/t16-,19?,22?/m1/s1. The van der Waals surface area contributed by atoms with Gasteiger partial charge < -0.3 is 9.64 Å². The Kier molecular flexibility index (Phi) is 2.98. The van der Waals surface area contributed by atoms with Gasteiger partial charge in [0.2, 0.25) is 5.90 Å². The molecule has 2 atom stereocenters. The topological polar surface area (TPSA) is 37.5 Å². The second-order valence-corrected chi connectivity index (χ2v) is 7.03. The smallest absolute Gasteiger partial charge is 0.213 e. The average molecular weight is 307 g/mol. The fourth-order valence-electron chi connectivity index (χ4n) is 3.42. The Balaban J connectivity index is 1.77. The van der Waals surface area contributed by atoms with Gasteiger partial charge >= 0.3 is 0 Å². The largest absolute Gasteiger partial charge is 0.477 e. The van der Waals surface area contributed by atoms with Crippen LogP contribution in [0.3, 0.4) is 0 Å². The number of benzene rings is 1. The van der Waals surface area contributed by atoms with Crippen molar-refractivity contribution in [2.75, 3.05) is 11.5 Å². The number of para-hydroxylation sites is 1. The first kappa shape index (κ1) is 14.2. The highest BCUT2D eigenvalue weighted by Gasteiger charge is 2.66. The van der Waals surface area contributed by atoms with E-state index < -0.39 is 0 Å². The molecule has 1 aromatic heterocycles. The van der Waals surface area contributed by atoms with Crippen LogP contribution in [0.4, 0.5) is 5.69 Å². The Hall–Kier alpha value is -2.36. The number of anilines is 1. The maximum Gasteiger partial charge on any atom is 0.213 e. The summed E-state index contributed by atoms with van der Waals surface area (Å²) in [4.78, 5) is 11.7. The van der Waals surface area contributed by atoms with Gasteiger partial charge in [0.05, 0.1) is 11.2 Å². The van der Waals surface area contributed by atoms with Gasteiger partial charge in [0, 0.05) is 11.9 Å². The van der Waals surface area contributed by atoms with Gasteiger partial charge in [0.25, 0.3) is 0 Å². The number of ether oxygens (including phenoxy) is 1. The van der Waals surface area contributed by atoms with E-state index in [9.17, 15) is 0 Å². The monoisotopic (exact) mass is 307 g/mol. The molecule has 4 rings (SSSR count). The molecule has 118 valence electrons. The number of hydrogen-bond acceptors (Lipinski definition) is 4. The van der Waals surface area contributed by atoms with E-state index in [2.05, 4.69) is 61.0 Å². The number of aromatic nitrogens is 1. The van der Waals surface area contributed by atoms with Crippen LogP contribution in [0.25, 0.3) is 0 Å². The molecule has 1 aromatic carbocycles. The van der Waals surface area contributed by atoms with Crippen molar-refractivity contribution in [1.29, 1.82) is 0 Å². The van der Waals surface area contributed by atoms with Gasteiger partial charge in [-0.1, -0.05) is 24.3 Å². The van der Waals surface area contributed by atoms with Crippen LogP contribution in [0, 0.1) is 0 Å². The lowest BCUT2D eigenvalue weighted by Gasteiger charge is -2.12. The minimum Gasteiger partial charge on any atom is -0.477 e. The number of nitrogens with zero attached hydrogens (tertiary/aromatic N) is 3. The highest BCUT2D eigenvalue weighted by molar-refractivity contribution is 5.98. The van der Waals surface area contributed by atoms with Gasteiger partial charge in [0.1, 0.15) is 18.2 Å². The third kappa shape index (κ3) is 2.21. The molecule has 0 radical (unpaired) electrons. The van der Waals surface area contributed by atoms with E-state index >= 15 is 0 Å². The number of pyridine rings is 1. The molecule has 0 amide bonds. The molecule has 0 aliphatic carbocycles. The third-order valence-electron chi connectivity index (χ3n) is 4.62. The Bertz CT molecular complexity index is 694. The van der Waals surface area contributed by atoms with Crippen LogP contribution in [0.2, 0.25) is 0 Å². The van der Waals surface area contributed by atoms with Crippen molar-refractivity contribution in [3.63, 3.8) is 0 Å². The molecular formula is C19H21N3O. The average Bonchev–Trinajstić information content (AvgIpc) is 3.03. The molecule has 4 nitrogen and oxygen atoms in total. The van der Waals surface area contributed by atoms with Crippen molar-refractivity contribution in [2.45, 2.75) is 37.9 Å². The molecule has 2 aliphatic rings. The van der Waals surface area contributed by atoms with Crippen LogP contribution in [0.5, 0.6) is 0 Å². The summed E-state index contributed by atoms with van der Waals surface area (Å²) < 4.78 is 5.98. The van der Waals surface area contributed by atoms with E-state index in [1.54, 1.807) is 0 Å². The van der Waals surface area contributed by atoms with Crippen LogP contribution in [-0.2, 0) is 4.74 Å². The fourth-order valence-corrected chi connectivity index (χ4v) is 3.42. The van der Waals surface area contributed by atoms with E-state index in [0.29, 0.717) is 6.61 Å². The van der Waals surface area contributed by atoms with Crippen molar-refractivity contribution in [3.8, 4) is 0 Å². The summed E-state index contributed by atoms with van der Waals surface area (Å²) in [6.07, 6.45) is 1.85. The Labute approximate surface area is 136 Å². The zero-order chi connectivity index (χ0) is 16.1. The lowest BCUT2D eigenvalue weighted by Crippen LogP contribution is -2.26. The van der Waals surface area contributed by atoms with Crippen molar-refractivity contribution in [2.24, 2.45) is 4.99 Å². The van der Waals surface area contributed by atoms with Crippen LogP contribution >= 0.6 is 0 Å². The van der Waals surface area contributed by atoms with E-state index in [1.807, 2.05) is 24.4 Å². The van der Waals surface area contributed by atoms with Crippen LogP contribution in [0.15, 0.2) is 59.7 Å². The summed E-state index contributed by atoms with van der Waals surface area (Å²) in [6.45, 7) is 7.04. The van der Waals surface area contributed by atoms with Crippen molar-refractivity contribution < 1.29 is 4.74 Å². The van der Waals surface area contributed by atoms with Gasteiger partial charge in [0.15, 0.2) is 0 Å². The van der Waals surface area contributed by atoms with Gasteiger partial charge in [-0.3, -0.25) is 4.98 Å². The number of hydrogen-bond donors (Lipinski definition) is 0. The SMILES string of the molecule is CC1(C)COC(C2(C)[C@@H](c3ccccn3)N2c2ccccc2)=N1. The van der Waals surface area contributed by atoms with E-state index in [4.69, 9.17) is 9.73 Å². The first-order chi connectivity index (χ1) is 11.0. The van der Waals surface area contributed by atoms with Crippen molar-refractivity contribution in [1.82, 2.24) is 4.98 Å². The number of rotatable bonds is 3. The highest BCUT2D eigenvalue weighted by atomic mass is 16.5. The second kappa shape index (κ2) is 4.82. The minimum absolute atomic E-state index is 0.152. The van der Waals surface area contributed by atoms with Crippen LogP contribution in [-0.4, -0.2) is 28.6 Å². The summed E-state index contributed by atoms with van der Waals surface area (Å²) in [7, 11) is 0. The maximum absolute atomic E-state index is 5.98. The van der Waals surface area contributed by atoms with Gasteiger partial charge in [-0.05, 0) is 45.0 Å². The van der Waals surface area contributed by atoms with Gasteiger partial charge in [-0.15, -0.1) is 0 Å². The third-order valence-corrected chi connectivity index (χ3v) is 4.62. The molecular weight excluding hydrogens is 286 g/mol. The Morgan fingerprint density at radius 3 is 2.39 bits per heavy atom. The molecule has 2 aliphatic heterocycles. The molecule has 4 heteroatoms. The molecule has 0 bridgehead atoms. The molecule has 0 N–H and O–H groups in total. The van der Waals surface area contributed by atoms with Gasteiger partial charge in [-0.2, -0.15) is 0 Å². The minimum atomic E-state index is -0.274. The molecule has 0 spiro atoms. The van der Waals surface area contributed by atoms with E-state index in [-0.39, 0.29) is 17.1 Å². The van der Waals surface area contributed by atoms with E-state index in [0.717, 1.165) is 11.6 Å². The first-order valence-electron chi connectivity index (χ1n) is 8.01. The van der Waals surface area contributed by atoms with Crippen molar-refractivity contribution >= 4 is 11.6 Å². The second-order valence-electron chi connectivity index (χ2n) is 7.03. The summed E-state index contributed by atoms with van der Waals surface area (Å²) >= 11 is 0. The quantitative estimate of drug-likeness (QED) is 0.813. The zero-order valence-electron chi connectivity index (χ0n) is 13.7. The predicted octanol–water partition coefficient (Wildman–Crippen LogP) is 3.61. The van der Waals surface area contributed by atoms with Crippen LogP contribution in [0.1, 0.15) is 32.5 Å². The summed E-state index contributed by atoms with van der Waals surface area (Å²) in [5.41, 5.74) is 1.79. The molecule has 1 unspecified atom stereocenters. The molecule has 3 heterocycles. The molecule has 1 fully saturated rings. The zero-order valence-corrected chi connectivity index (χ0v) is 13.7. The maximum atomic E-state index is 5.98. The van der Waals surface area contributed by atoms with Gasteiger partial charge in [-0.25, -0.2) is 4.99 Å². The Morgan fingerprint density at radius 1 is 1.04 bits per heavy atom. The summed E-state index contributed by atoms with van der Waals surface area (Å²) in [5.74, 6) is 0.821. The predicted molar refractivity (Wildman–Crippen MR) is 91.8 cm³/mol. The van der Waals surface area contributed by atoms with Crippen LogP contribution < -0.4 is 4.90 Å². The summed E-state index contributed by atoms with van der Waals surface area (Å²) in [5, 5.41) is 0. The normalized spacial score (nSPS) is 28.2. The summed E-state index contributed by atoms with van der Waals surface area (Å²) in [6, 6.07) is 16.6. The highest BCUT2D eigenvalue weighted by Crippen LogP contribution is 2.57. The molecule has 2 aromatic rings. The molecule has 1 saturated heterocycles. The molecule has 23 heavy (non-hydrogen) atoms. The van der Waals surface area contributed by atoms with Crippen molar-refractivity contribution in [3.05, 3.63) is 60.4 Å².